The van der Waals surface area contributed by atoms with Crippen molar-refractivity contribution in [3.05, 3.63) is 58.4 Å². The summed E-state index contributed by atoms with van der Waals surface area (Å²) in [5.74, 6) is 0.00459. The zero-order valence-corrected chi connectivity index (χ0v) is 15.4. The Morgan fingerprint density at radius 2 is 2.03 bits per heavy atom. The molecule has 150 valence electrons. The molecule has 4 rings (SSSR count). The van der Waals surface area contributed by atoms with E-state index in [1.807, 2.05) is 0 Å². The minimum Gasteiger partial charge on any atom is -0.439 e. The van der Waals surface area contributed by atoms with Gasteiger partial charge in [-0.1, -0.05) is 42.1 Å². The Kier molecular flexibility index (Phi) is 4.86. The number of fused-ring (bicyclic) bond motifs is 1. The first kappa shape index (κ1) is 19.2. The van der Waals surface area contributed by atoms with Crippen LogP contribution < -0.4 is 4.74 Å². The molecule has 1 atom stereocenters. The Hall–Kier alpha value is -3.15. The molecule has 0 saturated carbocycles. The van der Waals surface area contributed by atoms with Crippen LogP contribution in [0, 0.1) is 10.1 Å². The van der Waals surface area contributed by atoms with Crippen LogP contribution >= 0.6 is 11.8 Å². The molecule has 0 radical (unpaired) electrons. The van der Waals surface area contributed by atoms with E-state index in [9.17, 15) is 23.3 Å². The number of ether oxygens (including phenoxy) is 1. The monoisotopic (exact) mass is 423 g/mol. The molecule has 0 N–H and O–H groups in total. The quantitative estimate of drug-likeness (QED) is 0.266. The van der Waals surface area contributed by atoms with Crippen LogP contribution in [0.3, 0.4) is 0 Å². The van der Waals surface area contributed by atoms with E-state index in [1.54, 1.807) is 30.3 Å². The van der Waals surface area contributed by atoms with Crippen molar-refractivity contribution in [2.24, 2.45) is 0 Å². The maximum Gasteiger partial charge on any atom is 0.433 e. The first-order valence-corrected chi connectivity index (χ1v) is 9.31. The highest BCUT2D eigenvalue weighted by Crippen LogP contribution is 2.33. The molecule has 1 aromatic carbocycles. The first-order chi connectivity index (χ1) is 13.8. The fraction of sp³-hybridized carbons (Fsp3) is 0.235. The number of hydrogen-bond donors (Lipinski definition) is 0. The molecule has 3 heterocycles. The Bertz CT molecular complexity index is 1060. The van der Waals surface area contributed by atoms with Crippen LogP contribution in [0.15, 0.2) is 47.8 Å². The van der Waals surface area contributed by atoms with Crippen LogP contribution in [0.1, 0.15) is 5.69 Å². The van der Waals surface area contributed by atoms with Crippen molar-refractivity contribution in [1.82, 2.24) is 19.5 Å². The molecule has 0 aliphatic carbocycles. The van der Waals surface area contributed by atoms with E-state index in [0.717, 1.165) is 24.0 Å². The number of hydrogen-bond acceptors (Lipinski definition) is 7. The van der Waals surface area contributed by atoms with Crippen molar-refractivity contribution in [2.45, 2.75) is 24.0 Å². The predicted octanol–water partition coefficient (Wildman–Crippen LogP) is 3.82. The summed E-state index contributed by atoms with van der Waals surface area (Å²) in [4.78, 5) is 22.1. The fourth-order valence-electron chi connectivity index (χ4n) is 2.80. The molecule has 0 bridgehead atoms. The van der Waals surface area contributed by atoms with Gasteiger partial charge in [0.15, 0.2) is 11.3 Å². The lowest BCUT2D eigenvalue weighted by Gasteiger charge is -2.11. The van der Waals surface area contributed by atoms with Gasteiger partial charge in [-0.2, -0.15) is 22.7 Å². The van der Waals surface area contributed by atoms with Gasteiger partial charge in [0.25, 0.3) is 0 Å². The number of rotatable bonds is 5. The van der Waals surface area contributed by atoms with E-state index >= 15 is 0 Å². The second-order valence-corrected chi connectivity index (χ2v) is 7.09. The highest BCUT2D eigenvalue weighted by molar-refractivity contribution is 7.99. The summed E-state index contributed by atoms with van der Waals surface area (Å²) in [5, 5.41) is 10.9. The second-order valence-electron chi connectivity index (χ2n) is 6.10. The third-order valence-corrected chi connectivity index (χ3v) is 5.09. The summed E-state index contributed by atoms with van der Waals surface area (Å²) in [6, 6.07) is 9.51. The molecule has 1 aliphatic rings. The second kappa shape index (κ2) is 7.35. The number of nitro groups is 1. The molecule has 0 fully saturated rings. The molecule has 29 heavy (non-hydrogen) atoms. The summed E-state index contributed by atoms with van der Waals surface area (Å²) in [5.41, 5.74) is -0.341. The molecule has 1 aliphatic heterocycles. The zero-order chi connectivity index (χ0) is 20.6. The minimum atomic E-state index is -4.62. The zero-order valence-electron chi connectivity index (χ0n) is 14.5. The summed E-state index contributed by atoms with van der Waals surface area (Å²) >= 11 is 0.987. The highest BCUT2D eigenvalue weighted by atomic mass is 32.2. The third-order valence-electron chi connectivity index (χ3n) is 4.11. The van der Waals surface area contributed by atoms with Crippen LogP contribution in [0.4, 0.5) is 19.0 Å². The lowest BCUT2D eigenvalue weighted by molar-refractivity contribution is -0.392. The van der Waals surface area contributed by atoms with Gasteiger partial charge in [-0.25, -0.2) is 9.97 Å². The lowest BCUT2D eigenvalue weighted by atomic mass is 10.1. The number of nitrogens with zero attached hydrogens (tertiary/aromatic N) is 5. The van der Waals surface area contributed by atoms with Crippen molar-refractivity contribution < 1.29 is 22.8 Å². The molecule has 0 amide bonds. The third kappa shape index (κ3) is 4.01. The Balaban J connectivity index is 1.54. The summed E-state index contributed by atoms with van der Waals surface area (Å²) in [7, 11) is 0. The van der Waals surface area contributed by atoms with Crippen LogP contribution in [-0.2, 0) is 12.7 Å². The van der Waals surface area contributed by atoms with Gasteiger partial charge in [0.1, 0.15) is 18.4 Å². The summed E-state index contributed by atoms with van der Waals surface area (Å²) < 4.78 is 46.6. The standard InChI is InChI=1S/C17H12F3N5O3S/c18-17(19,20)13-6-12(10-4-2-1-3-5-10)22-15(23-13)29-9-11-8-24-14(25(26)27)7-21-16(24)28-11/h1-7,11H,8-9H2. The van der Waals surface area contributed by atoms with E-state index in [2.05, 4.69) is 15.0 Å². The normalized spacial score (nSPS) is 15.8. The number of halogens is 3. The highest BCUT2D eigenvalue weighted by Gasteiger charge is 2.36. The van der Waals surface area contributed by atoms with E-state index in [4.69, 9.17) is 4.74 Å². The van der Waals surface area contributed by atoms with E-state index in [1.165, 1.54) is 4.57 Å². The van der Waals surface area contributed by atoms with Crippen LogP contribution in [0.2, 0.25) is 0 Å². The lowest BCUT2D eigenvalue weighted by Crippen LogP contribution is -2.18. The van der Waals surface area contributed by atoms with E-state index in [0.29, 0.717) is 5.56 Å². The first-order valence-electron chi connectivity index (χ1n) is 8.32. The van der Waals surface area contributed by atoms with Crippen molar-refractivity contribution in [2.75, 3.05) is 5.75 Å². The fourth-order valence-corrected chi connectivity index (χ4v) is 3.63. The van der Waals surface area contributed by atoms with Crippen molar-refractivity contribution in [3.8, 4) is 17.3 Å². The molecule has 0 spiro atoms. The minimum absolute atomic E-state index is 0.0543. The van der Waals surface area contributed by atoms with Gasteiger partial charge in [-0.15, -0.1) is 0 Å². The maximum absolute atomic E-state index is 13.3. The van der Waals surface area contributed by atoms with Gasteiger partial charge >= 0.3 is 18.0 Å². The molecule has 2 aromatic heterocycles. The summed E-state index contributed by atoms with van der Waals surface area (Å²) in [6.07, 6.45) is -4.02. The van der Waals surface area contributed by atoms with Gasteiger partial charge in [0.05, 0.1) is 5.69 Å². The van der Waals surface area contributed by atoms with Gasteiger partial charge < -0.3 is 14.9 Å². The number of alkyl halides is 3. The average Bonchev–Trinajstić information content (AvgIpc) is 3.26. The number of aromatic nitrogens is 4. The molecule has 3 aromatic rings. The van der Waals surface area contributed by atoms with Crippen molar-refractivity contribution in [3.63, 3.8) is 0 Å². The van der Waals surface area contributed by atoms with Crippen LogP contribution in [0.5, 0.6) is 6.01 Å². The molecule has 12 heteroatoms. The number of benzene rings is 1. The number of thioether (sulfide) groups is 1. The number of imidazole rings is 1. The van der Waals surface area contributed by atoms with E-state index in [-0.39, 0.29) is 35.0 Å². The van der Waals surface area contributed by atoms with Gasteiger partial charge in [0.2, 0.25) is 0 Å². The van der Waals surface area contributed by atoms with Gasteiger partial charge in [-0.3, -0.25) is 0 Å². The van der Waals surface area contributed by atoms with Crippen molar-refractivity contribution >= 4 is 17.6 Å². The molecular weight excluding hydrogens is 411 g/mol. The Morgan fingerprint density at radius 3 is 2.72 bits per heavy atom. The van der Waals surface area contributed by atoms with E-state index < -0.39 is 22.9 Å². The Morgan fingerprint density at radius 1 is 1.28 bits per heavy atom. The molecule has 8 nitrogen and oxygen atoms in total. The van der Waals surface area contributed by atoms with Gasteiger partial charge in [-0.05, 0) is 11.0 Å². The summed E-state index contributed by atoms with van der Waals surface area (Å²) in [6.45, 7) is 0.170. The SMILES string of the molecule is O=[N+]([O-])c1cnc2n1CC(CSc1nc(-c3ccccc3)cc(C(F)(F)F)n1)O2. The smallest absolute Gasteiger partial charge is 0.433 e. The Labute approximate surface area is 165 Å². The van der Waals surface area contributed by atoms with Crippen LogP contribution in [-0.4, -0.2) is 36.3 Å². The van der Waals surface area contributed by atoms with Crippen LogP contribution in [0.25, 0.3) is 11.3 Å². The molecule has 0 saturated heterocycles. The van der Waals surface area contributed by atoms with Gasteiger partial charge in [0, 0.05) is 11.3 Å². The largest absolute Gasteiger partial charge is 0.439 e. The predicted molar refractivity (Wildman–Crippen MR) is 96.5 cm³/mol. The average molecular weight is 423 g/mol. The molecular formula is C17H12F3N5O3S. The molecule has 1 unspecified atom stereocenters. The topological polar surface area (TPSA) is 96.0 Å². The van der Waals surface area contributed by atoms with Crippen molar-refractivity contribution in [1.29, 1.82) is 0 Å². The maximum atomic E-state index is 13.3.